The molecule has 3 rings (SSSR count). The number of nitrogens with zero attached hydrogens (tertiary/aromatic N) is 1. The average molecular weight is 504 g/mol. The quantitative estimate of drug-likeness (QED) is 0.218. The molecule has 0 fully saturated rings. The van der Waals surface area contributed by atoms with Gasteiger partial charge in [0.05, 0.1) is 18.2 Å². The van der Waals surface area contributed by atoms with Crippen LogP contribution in [0.1, 0.15) is 54.1 Å². The number of rotatable bonds is 9. The summed E-state index contributed by atoms with van der Waals surface area (Å²) in [7, 11) is 2.85. The van der Waals surface area contributed by atoms with Crippen molar-refractivity contribution in [2.24, 2.45) is 0 Å². The highest BCUT2D eigenvalue weighted by atomic mass is 16.7. The lowest BCUT2D eigenvalue weighted by Gasteiger charge is -2.19. The zero-order chi connectivity index (χ0) is 27.1. The third-order valence-electron chi connectivity index (χ3n) is 6.02. The predicted octanol–water partition coefficient (Wildman–Crippen LogP) is 5.36. The number of carbonyl (C=O) groups is 2. The van der Waals surface area contributed by atoms with Gasteiger partial charge in [0, 0.05) is 13.2 Å². The lowest BCUT2D eigenvalue weighted by Crippen LogP contribution is -2.17. The van der Waals surface area contributed by atoms with Crippen molar-refractivity contribution in [1.29, 1.82) is 5.26 Å². The van der Waals surface area contributed by atoms with Gasteiger partial charge in [-0.25, -0.2) is 9.59 Å². The van der Waals surface area contributed by atoms with Crippen molar-refractivity contribution in [2.75, 3.05) is 21.0 Å². The number of esters is 2. The van der Waals surface area contributed by atoms with Crippen LogP contribution in [0.2, 0.25) is 0 Å². The van der Waals surface area contributed by atoms with Crippen molar-refractivity contribution in [3.8, 4) is 23.3 Å². The highest BCUT2D eigenvalue weighted by Crippen LogP contribution is 2.36. The maximum atomic E-state index is 13.3. The lowest BCUT2D eigenvalue weighted by atomic mass is 9.92. The summed E-state index contributed by atoms with van der Waals surface area (Å²) in [4.78, 5) is 25.9. The normalized spacial score (nSPS) is 10.4. The summed E-state index contributed by atoms with van der Waals surface area (Å²) in [5, 5.41) is 9.87. The van der Waals surface area contributed by atoms with E-state index in [1.54, 1.807) is 39.8 Å². The molecule has 0 spiro atoms. The van der Waals surface area contributed by atoms with Crippen LogP contribution in [0.5, 0.6) is 17.2 Å². The van der Waals surface area contributed by atoms with E-state index in [2.05, 4.69) is 6.07 Å². The fourth-order valence-corrected chi connectivity index (χ4v) is 3.99. The van der Waals surface area contributed by atoms with Gasteiger partial charge in [0.1, 0.15) is 29.7 Å². The van der Waals surface area contributed by atoms with E-state index in [1.807, 2.05) is 30.3 Å². The number of ether oxygens (including phenoxy) is 5. The number of hydrogen-bond acceptors (Lipinski definition) is 8. The number of methoxy groups -OCH3 is 2. The lowest BCUT2D eigenvalue weighted by molar-refractivity contribution is -0.0126. The van der Waals surface area contributed by atoms with E-state index in [1.165, 1.54) is 14.2 Å². The van der Waals surface area contributed by atoms with Crippen molar-refractivity contribution >= 4 is 11.9 Å². The van der Waals surface area contributed by atoms with Crippen molar-refractivity contribution < 1.29 is 33.3 Å². The van der Waals surface area contributed by atoms with E-state index in [0.29, 0.717) is 34.6 Å². The van der Waals surface area contributed by atoms with E-state index in [4.69, 9.17) is 23.7 Å². The van der Waals surface area contributed by atoms with Gasteiger partial charge in [-0.3, -0.25) is 0 Å². The van der Waals surface area contributed by atoms with Crippen LogP contribution in [0.15, 0.2) is 42.5 Å². The number of benzene rings is 3. The van der Waals surface area contributed by atoms with Gasteiger partial charge in [-0.1, -0.05) is 30.3 Å². The second kappa shape index (κ2) is 12.1. The molecule has 0 aliphatic heterocycles. The highest BCUT2D eigenvalue weighted by molar-refractivity contribution is 5.98. The van der Waals surface area contributed by atoms with Gasteiger partial charge in [-0.2, -0.15) is 5.26 Å². The Hall–Kier alpha value is -4.35. The van der Waals surface area contributed by atoms with Gasteiger partial charge >= 0.3 is 11.9 Å². The molecular weight excluding hydrogens is 474 g/mol. The van der Waals surface area contributed by atoms with Crippen molar-refractivity contribution in [1.82, 2.24) is 0 Å². The molecule has 8 nitrogen and oxygen atoms in total. The van der Waals surface area contributed by atoms with Gasteiger partial charge in [0.25, 0.3) is 0 Å². The van der Waals surface area contributed by atoms with Crippen LogP contribution in [0.3, 0.4) is 0 Å². The third kappa shape index (κ3) is 5.90. The summed E-state index contributed by atoms with van der Waals surface area (Å²) in [5.41, 5.74) is 3.45. The van der Waals surface area contributed by atoms with E-state index in [0.717, 1.165) is 5.56 Å². The van der Waals surface area contributed by atoms with Gasteiger partial charge in [-0.05, 0) is 61.6 Å². The molecule has 0 aromatic heterocycles. The Morgan fingerprint density at radius 1 is 0.892 bits per heavy atom. The molecule has 0 saturated carbocycles. The summed E-state index contributed by atoms with van der Waals surface area (Å²) in [6.45, 7) is 6.87. The topological polar surface area (TPSA) is 104 Å². The fourth-order valence-electron chi connectivity index (χ4n) is 3.99. The molecule has 0 unspecified atom stereocenters. The highest BCUT2D eigenvalue weighted by Gasteiger charge is 2.27. The van der Waals surface area contributed by atoms with Crippen LogP contribution in [-0.4, -0.2) is 33.0 Å². The zero-order valence-electron chi connectivity index (χ0n) is 21.8. The van der Waals surface area contributed by atoms with Crippen molar-refractivity contribution in [2.45, 2.75) is 34.3 Å². The molecule has 0 saturated heterocycles. The maximum Gasteiger partial charge on any atom is 0.347 e. The summed E-state index contributed by atoms with van der Waals surface area (Å²) >= 11 is 0. The molecule has 8 heteroatoms. The minimum atomic E-state index is -0.697. The summed E-state index contributed by atoms with van der Waals surface area (Å²) < 4.78 is 27.0. The number of carbonyl (C=O) groups excluding carboxylic acids is 2. The van der Waals surface area contributed by atoms with Crippen LogP contribution in [0.25, 0.3) is 0 Å². The molecule has 192 valence electrons. The Labute approximate surface area is 216 Å². The van der Waals surface area contributed by atoms with Crippen LogP contribution < -0.4 is 14.2 Å². The second-order valence-electron chi connectivity index (χ2n) is 8.39. The first-order valence-corrected chi connectivity index (χ1v) is 11.5. The molecule has 0 N–H and O–H groups in total. The molecule has 0 radical (unpaired) electrons. The molecule has 0 bridgehead atoms. The summed E-state index contributed by atoms with van der Waals surface area (Å²) in [6.07, 6.45) is 0. The van der Waals surface area contributed by atoms with Crippen LogP contribution >= 0.6 is 0 Å². The van der Waals surface area contributed by atoms with Crippen molar-refractivity contribution in [3.63, 3.8) is 0 Å². The van der Waals surface area contributed by atoms with Gasteiger partial charge in [-0.15, -0.1) is 0 Å². The maximum absolute atomic E-state index is 13.3. The minimum absolute atomic E-state index is 0.0697. The van der Waals surface area contributed by atoms with Crippen LogP contribution in [0, 0.1) is 39.0 Å². The fraction of sp³-hybridized carbons (Fsp3) is 0.276. The van der Waals surface area contributed by atoms with E-state index in [9.17, 15) is 14.9 Å². The molecular formula is C29H29NO7. The molecule has 0 aliphatic carbocycles. The first-order chi connectivity index (χ1) is 17.7. The summed E-state index contributed by atoms with van der Waals surface area (Å²) in [5.74, 6) is -0.432. The predicted molar refractivity (Wildman–Crippen MR) is 136 cm³/mol. The van der Waals surface area contributed by atoms with Gasteiger partial charge in [0.2, 0.25) is 0 Å². The SMILES string of the molecule is COCOC(=O)c1c(C)c(C)c(OC(=O)c2c(C)cc(OCc3ccccc3)cc2OC)c(C#N)c1C. The Morgan fingerprint density at radius 2 is 1.59 bits per heavy atom. The average Bonchev–Trinajstić information content (AvgIpc) is 2.89. The Balaban J connectivity index is 1.94. The molecule has 0 atom stereocenters. The van der Waals surface area contributed by atoms with Crippen LogP contribution in [0.4, 0.5) is 0 Å². The minimum Gasteiger partial charge on any atom is -0.496 e. The molecule has 0 aliphatic rings. The molecule has 3 aromatic carbocycles. The molecule has 3 aromatic rings. The first kappa shape index (κ1) is 27.2. The second-order valence-corrected chi connectivity index (χ2v) is 8.39. The first-order valence-electron chi connectivity index (χ1n) is 11.5. The molecule has 37 heavy (non-hydrogen) atoms. The van der Waals surface area contributed by atoms with E-state index < -0.39 is 11.9 Å². The number of nitriles is 1. The van der Waals surface area contributed by atoms with E-state index >= 15 is 0 Å². The Kier molecular flexibility index (Phi) is 8.88. The molecule has 0 amide bonds. The largest absolute Gasteiger partial charge is 0.496 e. The third-order valence-corrected chi connectivity index (χ3v) is 6.02. The smallest absolute Gasteiger partial charge is 0.347 e. The number of hydrogen-bond donors (Lipinski definition) is 0. The van der Waals surface area contributed by atoms with Crippen LogP contribution in [-0.2, 0) is 16.1 Å². The number of aryl methyl sites for hydroxylation is 1. The van der Waals surface area contributed by atoms with Gasteiger partial charge < -0.3 is 23.7 Å². The van der Waals surface area contributed by atoms with Crippen molar-refractivity contribution in [3.05, 3.63) is 87.0 Å². The zero-order valence-corrected chi connectivity index (χ0v) is 21.8. The van der Waals surface area contributed by atoms with E-state index in [-0.39, 0.29) is 35.0 Å². The summed E-state index contributed by atoms with van der Waals surface area (Å²) in [6, 6.07) is 15.1. The van der Waals surface area contributed by atoms with Gasteiger partial charge in [0.15, 0.2) is 12.5 Å². The Morgan fingerprint density at radius 3 is 2.22 bits per heavy atom. The monoisotopic (exact) mass is 503 g/mol. The standard InChI is InChI=1S/C29H29NO7/c1-17-12-22(35-15-21-10-8-7-9-11-21)13-24(34-6)25(17)29(32)37-27-19(3)18(2)26(20(4)23(27)14-30)28(31)36-16-33-5/h7-13H,15-16H2,1-6H3. The molecule has 0 heterocycles. The Bertz CT molecular complexity index is 1360.